The molecule has 8 unspecified atom stereocenters. The van der Waals surface area contributed by atoms with Crippen LogP contribution in [-0.4, -0.2) is 147 Å². The fourth-order valence-corrected chi connectivity index (χ4v) is 11.5. The summed E-state index contributed by atoms with van der Waals surface area (Å²) in [7, 11) is 1.36. The first-order valence-electron chi connectivity index (χ1n) is 18.4. The highest BCUT2D eigenvalue weighted by molar-refractivity contribution is 5.85. The average molecular weight is 727 g/mol. The standard InChI is InChI=1S/C36H54O15/c1-17-29(51-31-27(42)26(41)25(40)23(14-37)50-31)30(46-3)28(43)32(48-17)49-19-4-9-34(16-38)21-5-8-33(2)20(18-12-24(39)47-15-18)7-11-36(33,45)22(21)6-10-35(34,44)13-19/h12,16-17,19-23,25-32,37,40-45H,4-11,13-15H2,1-3H3/t17-,19?,20?,21?,22?,23-,25-,26+,27-,28-,29+,30-,31+,32+,33?,34?,35?,36?/m1/s1. The van der Waals surface area contributed by atoms with Crippen LogP contribution in [0.4, 0.5) is 0 Å². The number of esters is 1. The first-order valence-corrected chi connectivity index (χ1v) is 18.4. The molecule has 15 heteroatoms. The summed E-state index contributed by atoms with van der Waals surface area (Å²) >= 11 is 0. The van der Waals surface area contributed by atoms with Gasteiger partial charge in [0, 0.05) is 25.0 Å². The molecule has 0 bridgehead atoms. The Labute approximate surface area is 296 Å². The van der Waals surface area contributed by atoms with E-state index in [1.807, 2.05) is 0 Å². The zero-order chi connectivity index (χ0) is 36.7. The second-order valence-electron chi connectivity index (χ2n) is 16.4. The largest absolute Gasteiger partial charge is 0.458 e. The summed E-state index contributed by atoms with van der Waals surface area (Å²) in [5, 5.41) is 76.7. The van der Waals surface area contributed by atoms with E-state index in [1.165, 1.54) is 7.11 Å². The normalized spacial score (nSPS) is 54.2. The highest BCUT2D eigenvalue weighted by Crippen LogP contribution is 2.70. The molecule has 6 fully saturated rings. The highest BCUT2D eigenvalue weighted by atomic mass is 16.7. The van der Waals surface area contributed by atoms with Gasteiger partial charge >= 0.3 is 5.97 Å². The van der Waals surface area contributed by atoms with Gasteiger partial charge in [-0.2, -0.15) is 0 Å². The van der Waals surface area contributed by atoms with Gasteiger partial charge in [-0.3, -0.25) is 0 Å². The van der Waals surface area contributed by atoms with Crippen molar-refractivity contribution in [2.24, 2.45) is 28.6 Å². The van der Waals surface area contributed by atoms with E-state index < -0.39 is 96.2 Å². The Balaban J connectivity index is 1.03. The second-order valence-corrected chi connectivity index (χ2v) is 16.4. The van der Waals surface area contributed by atoms with Gasteiger partial charge in [-0.1, -0.05) is 6.92 Å². The van der Waals surface area contributed by atoms with Crippen LogP contribution in [-0.2, 0) is 38.0 Å². The number of cyclic esters (lactones) is 1. The van der Waals surface area contributed by atoms with Gasteiger partial charge in [-0.05, 0) is 81.6 Å². The number of hydrogen-bond donors (Lipinski definition) is 7. The Morgan fingerprint density at radius 3 is 2.27 bits per heavy atom. The molecule has 7 N–H and O–H groups in total. The van der Waals surface area contributed by atoms with Crippen molar-refractivity contribution >= 4 is 12.3 Å². The van der Waals surface area contributed by atoms with E-state index >= 15 is 0 Å². The van der Waals surface area contributed by atoms with Crippen molar-refractivity contribution in [1.82, 2.24) is 0 Å². The predicted molar refractivity (Wildman–Crippen MR) is 172 cm³/mol. The van der Waals surface area contributed by atoms with Gasteiger partial charge in [0.1, 0.15) is 55.6 Å². The molecule has 0 spiro atoms. The molecule has 0 aromatic carbocycles. The minimum absolute atomic E-state index is 0.00877. The molecule has 0 amide bonds. The lowest BCUT2D eigenvalue weighted by molar-refractivity contribution is -0.363. The molecule has 7 aliphatic rings. The molecule has 51 heavy (non-hydrogen) atoms. The van der Waals surface area contributed by atoms with E-state index in [1.54, 1.807) is 13.0 Å². The molecule has 0 aromatic rings. The Morgan fingerprint density at radius 2 is 1.61 bits per heavy atom. The molecule has 4 saturated carbocycles. The van der Waals surface area contributed by atoms with Gasteiger partial charge in [0.25, 0.3) is 0 Å². The van der Waals surface area contributed by atoms with Crippen molar-refractivity contribution in [3.05, 3.63) is 11.6 Å². The van der Waals surface area contributed by atoms with Crippen LogP contribution >= 0.6 is 0 Å². The van der Waals surface area contributed by atoms with Gasteiger partial charge < -0.3 is 69.0 Å². The Kier molecular flexibility index (Phi) is 10.1. The number of rotatable bonds is 8. The molecule has 3 heterocycles. The Hall–Kier alpha value is -1.60. The minimum Gasteiger partial charge on any atom is -0.458 e. The predicted octanol–water partition coefficient (Wildman–Crippen LogP) is -0.772. The summed E-state index contributed by atoms with van der Waals surface area (Å²) in [4.78, 5) is 25.1. The van der Waals surface area contributed by atoms with Crippen molar-refractivity contribution in [1.29, 1.82) is 0 Å². The molecule has 15 nitrogen and oxygen atoms in total. The summed E-state index contributed by atoms with van der Waals surface area (Å²) < 4.78 is 34.6. The number of aldehydes is 1. The number of carbonyl (C=O) groups is 2. The molecular formula is C36H54O15. The summed E-state index contributed by atoms with van der Waals surface area (Å²) in [5.74, 6) is -0.777. The molecule has 3 aliphatic heterocycles. The van der Waals surface area contributed by atoms with Crippen LogP contribution in [0.15, 0.2) is 11.6 Å². The number of aliphatic hydroxyl groups is 7. The van der Waals surface area contributed by atoms with Crippen LogP contribution in [0.25, 0.3) is 0 Å². The molecule has 7 rings (SSSR count). The second kappa shape index (κ2) is 13.6. The van der Waals surface area contributed by atoms with Crippen LogP contribution in [0.1, 0.15) is 71.6 Å². The Bertz CT molecular complexity index is 1360. The van der Waals surface area contributed by atoms with Crippen molar-refractivity contribution in [3.8, 4) is 0 Å². The van der Waals surface area contributed by atoms with E-state index in [2.05, 4.69) is 6.92 Å². The first-order chi connectivity index (χ1) is 24.2. The molecule has 2 saturated heterocycles. The van der Waals surface area contributed by atoms with E-state index in [4.69, 9.17) is 28.4 Å². The third kappa shape index (κ3) is 5.68. The number of carbonyl (C=O) groups excluding carboxylic acids is 2. The summed E-state index contributed by atoms with van der Waals surface area (Å²) in [6.07, 6.45) is -6.79. The molecule has 0 aromatic heterocycles. The van der Waals surface area contributed by atoms with Crippen molar-refractivity contribution in [2.45, 2.75) is 150 Å². The zero-order valence-electron chi connectivity index (χ0n) is 29.4. The number of aliphatic hydroxyl groups excluding tert-OH is 5. The van der Waals surface area contributed by atoms with Crippen molar-refractivity contribution in [2.75, 3.05) is 20.3 Å². The van der Waals surface area contributed by atoms with Gasteiger partial charge in [0.2, 0.25) is 0 Å². The first kappa shape index (κ1) is 37.7. The average Bonchev–Trinajstić information content (AvgIpc) is 3.65. The molecular weight excluding hydrogens is 672 g/mol. The van der Waals surface area contributed by atoms with Crippen LogP contribution in [0.2, 0.25) is 0 Å². The molecule has 4 aliphatic carbocycles. The maximum Gasteiger partial charge on any atom is 0.331 e. The maximum atomic E-state index is 13.2. The zero-order valence-corrected chi connectivity index (χ0v) is 29.4. The maximum absolute atomic E-state index is 13.2. The van der Waals surface area contributed by atoms with Crippen LogP contribution in [0.5, 0.6) is 0 Å². The van der Waals surface area contributed by atoms with Gasteiger partial charge in [0.15, 0.2) is 12.6 Å². The number of fused-ring (bicyclic) bond motifs is 5. The summed E-state index contributed by atoms with van der Waals surface area (Å²) in [6.45, 7) is 3.37. The highest BCUT2D eigenvalue weighted by Gasteiger charge is 2.71. The number of ether oxygens (including phenoxy) is 6. The monoisotopic (exact) mass is 726 g/mol. The molecule has 0 radical (unpaired) electrons. The third-order valence-electron chi connectivity index (χ3n) is 14.3. The van der Waals surface area contributed by atoms with Crippen LogP contribution in [0, 0.1) is 28.6 Å². The quantitative estimate of drug-likeness (QED) is 0.0925. The molecule has 18 atom stereocenters. The lowest BCUT2D eigenvalue weighted by Gasteiger charge is -2.65. The van der Waals surface area contributed by atoms with E-state index in [0.29, 0.717) is 44.9 Å². The van der Waals surface area contributed by atoms with Gasteiger partial charge in [-0.15, -0.1) is 0 Å². The van der Waals surface area contributed by atoms with E-state index in [0.717, 1.165) is 18.3 Å². The van der Waals surface area contributed by atoms with E-state index in [-0.39, 0.29) is 36.8 Å². The van der Waals surface area contributed by atoms with Gasteiger partial charge in [-0.25, -0.2) is 4.79 Å². The molecule has 288 valence electrons. The minimum atomic E-state index is -1.66. The number of methoxy groups -OCH3 is 1. The number of hydrogen-bond acceptors (Lipinski definition) is 15. The summed E-state index contributed by atoms with van der Waals surface area (Å²) in [6, 6.07) is 0. The van der Waals surface area contributed by atoms with Gasteiger partial charge in [0.05, 0.1) is 35.4 Å². The van der Waals surface area contributed by atoms with Crippen LogP contribution in [0.3, 0.4) is 0 Å². The lowest BCUT2D eigenvalue weighted by Crippen LogP contribution is -2.69. The third-order valence-corrected chi connectivity index (χ3v) is 14.3. The van der Waals surface area contributed by atoms with Crippen LogP contribution < -0.4 is 0 Å². The topological polar surface area (TPSA) is 231 Å². The van der Waals surface area contributed by atoms with Crippen molar-refractivity contribution < 1.29 is 73.8 Å². The van der Waals surface area contributed by atoms with Crippen molar-refractivity contribution in [3.63, 3.8) is 0 Å². The SMILES string of the molecule is CO[C@@H]1[C@@H](O)[C@H](OC2CCC3(C=O)C4CCC5(C)C(C6=CC(=O)OC6)CCC5(O)C4CCC3(O)C2)O[C@H](C)[C@@H]1O[C@@H]1O[C@H](CO)[C@@H](O)[C@H](O)[C@H]1O. The Morgan fingerprint density at radius 1 is 0.882 bits per heavy atom. The fraction of sp³-hybridized carbons (Fsp3) is 0.889. The fourth-order valence-electron chi connectivity index (χ4n) is 11.5. The summed E-state index contributed by atoms with van der Waals surface area (Å²) in [5.41, 5.74) is -3.11. The smallest absolute Gasteiger partial charge is 0.331 e. The lowest BCUT2D eigenvalue weighted by atomic mass is 9.41. The van der Waals surface area contributed by atoms with E-state index in [9.17, 15) is 45.3 Å².